The van der Waals surface area contributed by atoms with Crippen molar-refractivity contribution in [1.82, 2.24) is 0 Å². The Hall–Kier alpha value is -1.05. The number of ether oxygens (including phenoxy) is 2. The van der Waals surface area contributed by atoms with Gasteiger partial charge in [0.2, 0.25) is 5.79 Å². The Bertz CT molecular complexity index is 683. The Labute approximate surface area is 142 Å². The molecule has 0 aromatic heterocycles. The minimum absolute atomic E-state index is 0.00893. The highest BCUT2D eigenvalue weighted by Gasteiger charge is 2.87. The van der Waals surface area contributed by atoms with Crippen molar-refractivity contribution in [3.8, 4) is 0 Å². The van der Waals surface area contributed by atoms with E-state index in [9.17, 15) is 14.4 Å². The molecule has 3 saturated carbocycles. The van der Waals surface area contributed by atoms with Crippen LogP contribution in [-0.4, -0.2) is 42.8 Å². The summed E-state index contributed by atoms with van der Waals surface area (Å²) in [4.78, 5) is 38.0. The summed E-state index contributed by atoms with van der Waals surface area (Å²) in [7, 11) is -2.12. The van der Waals surface area contributed by atoms with Gasteiger partial charge in [-0.05, 0) is 40.4 Å². The van der Waals surface area contributed by atoms with Gasteiger partial charge in [-0.3, -0.25) is 9.59 Å². The number of fused-ring (bicyclic) bond motifs is 2. The lowest BCUT2D eigenvalue weighted by Crippen LogP contribution is -2.75. The molecule has 1 unspecified atom stereocenters. The Kier molecular flexibility index (Phi) is 2.87. The zero-order valence-corrected chi connectivity index (χ0v) is 16.0. The average molecular weight is 352 g/mol. The largest absolute Gasteiger partial charge is 0.451 e. The van der Waals surface area contributed by atoms with Crippen LogP contribution >= 0.6 is 0 Å². The van der Waals surface area contributed by atoms with Crippen molar-refractivity contribution in [3.63, 3.8) is 0 Å². The molecule has 0 amide bonds. The standard InChI is InChI=1S/C17H24O6Si/c1-8(18)11-9-7-10(19)12-13(11)15(2)14(20)21-16(9,3)17(12,22-15)23-24(4,5)6/h9,11-13H,7H2,1-6H3/t9-,11?,12+,13-,15+,16-,17+/m1/s1. The molecule has 5 fully saturated rings. The minimum Gasteiger partial charge on any atom is -0.451 e. The van der Waals surface area contributed by atoms with Crippen LogP contribution in [0.1, 0.15) is 27.2 Å². The van der Waals surface area contributed by atoms with Gasteiger partial charge in [0.05, 0.1) is 5.92 Å². The molecule has 5 rings (SSSR count). The quantitative estimate of drug-likeness (QED) is 0.568. The molecule has 0 aromatic rings. The molecule has 0 spiro atoms. The Morgan fingerprint density at radius 3 is 2.42 bits per heavy atom. The first-order valence-electron chi connectivity index (χ1n) is 8.54. The lowest BCUT2D eigenvalue weighted by atomic mass is 9.49. The molecule has 5 aliphatic rings. The Balaban J connectivity index is 1.99. The molecular weight excluding hydrogens is 328 g/mol. The molecule has 3 aliphatic carbocycles. The molecule has 0 N–H and O–H groups in total. The fourth-order valence-corrected chi connectivity index (χ4v) is 6.97. The number of esters is 1. The van der Waals surface area contributed by atoms with E-state index in [4.69, 9.17) is 13.9 Å². The van der Waals surface area contributed by atoms with Gasteiger partial charge in [-0.2, -0.15) is 0 Å². The van der Waals surface area contributed by atoms with Gasteiger partial charge in [0.15, 0.2) is 19.5 Å². The number of ketones is 2. The summed E-state index contributed by atoms with van der Waals surface area (Å²) < 4.78 is 18.6. The number of hydrogen-bond donors (Lipinski definition) is 0. The van der Waals surface area contributed by atoms with Crippen molar-refractivity contribution in [1.29, 1.82) is 0 Å². The third-order valence-corrected chi connectivity index (χ3v) is 7.31. The molecule has 2 heterocycles. The van der Waals surface area contributed by atoms with Crippen LogP contribution in [-0.2, 0) is 28.3 Å². The number of carbonyl (C=O) groups is 3. The van der Waals surface area contributed by atoms with E-state index >= 15 is 0 Å². The second-order valence-corrected chi connectivity index (χ2v) is 13.4. The van der Waals surface area contributed by atoms with Crippen LogP contribution in [0.25, 0.3) is 0 Å². The van der Waals surface area contributed by atoms with Crippen LogP contribution in [0, 0.1) is 23.7 Å². The van der Waals surface area contributed by atoms with Gasteiger partial charge < -0.3 is 13.9 Å². The van der Waals surface area contributed by atoms with E-state index in [0.29, 0.717) is 0 Å². The fraction of sp³-hybridized carbons (Fsp3) is 0.824. The lowest BCUT2D eigenvalue weighted by Gasteiger charge is -2.60. The van der Waals surface area contributed by atoms with Crippen LogP contribution < -0.4 is 0 Å². The highest BCUT2D eigenvalue weighted by molar-refractivity contribution is 6.69. The third kappa shape index (κ3) is 1.57. The molecule has 2 saturated heterocycles. The van der Waals surface area contributed by atoms with E-state index in [-0.39, 0.29) is 23.9 Å². The second kappa shape index (κ2) is 4.19. The smallest absolute Gasteiger partial charge is 0.339 e. The third-order valence-electron chi connectivity index (χ3n) is 6.39. The van der Waals surface area contributed by atoms with Crippen LogP contribution in [0.4, 0.5) is 0 Å². The molecule has 2 aliphatic heterocycles. The zero-order valence-electron chi connectivity index (χ0n) is 15.0. The van der Waals surface area contributed by atoms with Gasteiger partial charge in [0.1, 0.15) is 11.6 Å². The van der Waals surface area contributed by atoms with E-state index in [2.05, 4.69) is 0 Å². The van der Waals surface area contributed by atoms with Crippen molar-refractivity contribution in [2.45, 2.75) is 63.8 Å². The van der Waals surface area contributed by atoms with Crippen LogP contribution in [0.3, 0.4) is 0 Å². The monoisotopic (exact) mass is 352 g/mol. The predicted molar refractivity (Wildman–Crippen MR) is 85.4 cm³/mol. The van der Waals surface area contributed by atoms with E-state index < -0.39 is 49.0 Å². The van der Waals surface area contributed by atoms with Crippen molar-refractivity contribution in [3.05, 3.63) is 0 Å². The number of hydrogen-bond acceptors (Lipinski definition) is 6. The van der Waals surface area contributed by atoms with E-state index in [1.165, 1.54) is 6.92 Å². The van der Waals surface area contributed by atoms with Crippen molar-refractivity contribution in [2.24, 2.45) is 23.7 Å². The van der Waals surface area contributed by atoms with Gasteiger partial charge >= 0.3 is 5.97 Å². The van der Waals surface area contributed by atoms with E-state index in [1.54, 1.807) is 13.8 Å². The minimum atomic E-state index is -2.12. The van der Waals surface area contributed by atoms with Crippen molar-refractivity contribution < 1.29 is 28.3 Å². The first-order valence-corrected chi connectivity index (χ1v) is 12.0. The molecule has 24 heavy (non-hydrogen) atoms. The topological polar surface area (TPSA) is 78.9 Å². The molecule has 6 nitrogen and oxygen atoms in total. The Morgan fingerprint density at radius 2 is 1.88 bits per heavy atom. The second-order valence-electron chi connectivity index (χ2n) is 9.00. The molecule has 0 aromatic carbocycles. The molecule has 0 radical (unpaired) electrons. The van der Waals surface area contributed by atoms with Gasteiger partial charge in [-0.15, -0.1) is 0 Å². The normalized spacial score (nSPS) is 51.9. The summed E-state index contributed by atoms with van der Waals surface area (Å²) in [6.45, 7) is 11.0. The van der Waals surface area contributed by atoms with Gasteiger partial charge in [-0.1, -0.05) is 0 Å². The predicted octanol–water partition coefficient (Wildman–Crippen LogP) is 1.68. The van der Waals surface area contributed by atoms with E-state index in [0.717, 1.165) is 0 Å². The summed E-state index contributed by atoms with van der Waals surface area (Å²) in [5.74, 6) is -3.62. The summed E-state index contributed by atoms with van der Waals surface area (Å²) in [6.07, 6.45) is 0.242. The van der Waals surface area contributed by atoms with Crippen LogP contribution in [0.5, 0.6) is 0 Å². The van der Waals surface area contributed by atoms with Gasteiger partial charge in [0.25, 0.3) is 0 Å². The summed E-state index contributed by atoms with van der Waals surface area (Å²) in [5.41, 5.74) is -2.41. The molecule has 5 bridgehead atoms. The fourth-order valence-electron chi connectivity index (χ4n) is 5.69. The maximum Gasteiger partial charge on any atom is 0.339 e. The van der Waals surface area contributed by atoms with Gasteiger partial charge in [-0.25, -0.2) is 4.79 Å². The maximum absolute atomic E-state index is 12.9. The van der Waals surface area contributed by atoms with Crippen LogP contribution in [0.15, 0.2) is 0 Å². The van der Waals surface area contributed by atoms with Crippen molar-refractivity contribution >= 4 is 25.9 Å². The number of Topliss-reactive ketones (excluding diaryl/α,β-unsaturated/α-hetero) is 2. The number of carbonyl (C=O) groups excluding carboxylic acids is 3. The molecule has 7 atom stereocenters. The highest BCUT2D eigenvalue weighted by Crippen LogP contribution is 2.71. The first kappa shape index (κ1) is 16.4. The van der Waals surface area contributed by atoms with E-state index in [1.807, 2.05) is 19.6 Å². The lowest BCUT2D eigenvalue weighted by molar-refractivity contribution is -0.351. The molecule has 132 valence electrons. The average Bonchev–Trinajstić information content (AvgIpc) is 2.59. The maximum atomic E-state index is 12.9. The summed E-state index contributed by atoms with van der Waals surface area (Å²) in [5, 5.41) is 0. The van der Waals surface area contributed by atoms with Crippen LogP contribution in [0.2, 0.25) is 19.6 Å². The highest BCUT2D eigenvalue weighted by atomic mass is 28.4. The first-order chi connectivity index (χ1) is 10.9. The Morgan fingerprint density at radius 1 is 1.25 bits per heavy atom. The molecular formula is C17H24O6Si. The zero-order chi connectivity index (χ0) is 17.9. The van der Waals surface area contributed by atoms with Crippen molar-refractivity contribution in [2.75, 3.05) is 0 Å². The SMILES string of the molecule is CC(=O)C1[C@@H]2[C@@H]3C(=O)C[C@H]1[C@@]1(C)OC(=O)[C@@]2(C)O[C@]31O[Si](C)(C)C. The summed E-state index contributed by atoms with van der Waals surface area (Å²) in [6, 6.07) is 0. The number of rotatable bonds is 3. The molecule has 7 heteroatoms. The van der Waals surface area contributed by atoms with Gasteiger partial charge in [0, 0.05) is 24.2 Å². The summed E-state index contributed by atoms with van der Waals surface area (Å²) >= 11 is 0.